The van der Waals surface area contributed by atoms with Crippen molar-refractivity contribution in [3.63, 3.8) is 0 Å². The first-order valence-electron chi connectivity index (χ1n) is 9.81. The van der Waals surface area contributed by atoms with Crippen LogP contribution in [0.4, 0.5) is 4.39 Å². The molecule has 1 aliphatic rings. The average Bonchev–Trinajstić information content (AvgIpc) is 3.01. The van der Waals surface area contributed by atoms with Crippen molar-refractivity contribution in [1.82, 2.24) is 14.5 Å². The molecule has 2 aromatic rings. The Morgan fingerprint density at radius 1 is 1.33 bits per heavy atom. The largest absolute Gasteiger partial charge is 0.693 e. The summed E-state index contributed by atoms with van der Waals surface area (Å²) in [6.07, 6.45) is -3.76. The van der Waals surface area contributed by atoms with E-state index >= 15 is 4.39 Å². The van der Waals surface area contributed by atoms with Gasteiger partial charge in [0.25, 0.3) is 5.56 Å². The van der Waals surface area contributed by atoms with Crippen LogP contribution >= 0.6 is 8.18 Å². The number of hydrogen-bond acceptors (Lipinski definition) is 9. The second-order valence-electron chi connectivity index (χ2n) is 7.13. The van der Waals surface area contributed by atoms with Crippen LogP contribution < -0.4 is 16.1 Å². The first-order valence-corrected chi connectivity index (χ1v) is 10.9. The van der Waals surface area contributed by atoms with E-state index in [0.717, 1.165) is 23.8 Å². The van der Waals surface area contributed by atoms with Gasteiger partial charge in [-0.1, -0.05) is 25.1 Å². The number of carbonyl (C=O) groups excluding carboxylic acids is 1. The molecule has 0 aliphatic carbocycles. The second kappa shape index (κ2) is 10.3. The smallest absolute Gasteiger partial charge is 0.387 e. The standard InChI is InChI=1S/C19H21FN3O9P/c1-3-15(25)32-23(31-12-7-5-4-6-8-12)33(28)29-11-13-16(26)19(2,20)17(30-13)22-10-9-14(24)21-18(22)27/h4-10,13,16-17,26H,3,11H2,1-2H3/p+1/t13-,16-,17-,19-/m1/s1. The predicted molar refractivity (Wildman–Crippen MR) is 110 cm³/mol. The van der Waals surface area contributed by atoms with E-state index in [-0.39, 0.29) is 12.2 Å². The van der Waals surface area contributed by atoms with Gasteiger partial charge < -0.3 is 14.7 Å². The number of nitrogens with zero attached hydrogens (tertiary/aromatic N) is 2. The topological polar surface area (TPSA) is 149 Å². The van der Waals surface area contributed by atoms with E-state index in [4.69, 9.17) is 18.9 Å². The summed E-state index contributed by atoms with van der Waals surface area (Å²) >= 11 is 0. The average molecular weight is 486 g/mol. The summed E-state index contributed by atoms with van der Waals surface area (Å²) < 4.78 is 39.2. The van der Waals surface area contributed by atoms with Gasteiger partial charge in [-0.25, -0.2) is 9.18 Å². The molecule has 3 rings (SSSR count). The highest BCUT2D eigenvalue weighted by atomic mass is 31.1. The Morgan fingerprint density at radius 3 is 2.67 bits per heavy atom. The van der Waals surface area contributed by atoms with Crippen molar-refractivity contribution in [2.24, 2.45) is 0 Å². The number of nitrogens with one attached hydrogen (secondary N) is 1. The van der Waals surface area contributed by atoms with E-state index in [1.807, 2.05) is 4.98 Å². The van der Waals surface area contributed by atoms with Gasteiger partial charge in [0.15, 0.2) is 17.6 Å². The molecule has 0 amide bonds. The maximum Gasteiger partial charge on any atom is 0.693 e. The zero-order chi connectivity index (χ0) is 24.2. The minimum Gasteiger partial charge on any atom is -0.387 e. The van der Waals surface area contributed by atoms with Crippen LogP contribution in [0, 0.1) is 0 Å². The van der Waals surface area contributed by atoms with Crippen LogP contribution in [0.2, 0.25) is 0 Å². The van der Waals surface area contributed by atoms with Crippen molar-refractivity contribution in [3.8, 4) is 5.75 Å². The normalized spacial score (nSPS) is 25.1. The summed E-state index contributed by atoms with van der Waals surface area (Å²) in [7, 11) is -2.96. The predicted octanol–water partition coefficient (Wildman–Crippen LogP) is 1.36. The number of aliphatic hydroxyl groups excluding tert-OH is 1. The highest BCUT2D eigenvalue weighted by Gasteiger charge is 2.56. The number of alkyl halides is 1. The first-order chi connectivity index (χ1) is 15.6. The Morgan fingerprint density at radius 2 is 2.03 bits per heavy atom. The molecular formula is C19H22FN3O9P+. The summed E-state index contributed by atoms with van der Waals surface area (Å²) in [4.78, 5) is 47.4. The van der Waals surface area contributed by atoms with Gasteiger partial charge in [0.2, 0.25) is 0 Å². The molecule has 178 valence electrons. The number of benzene rings is 1. The fourth-order valence-electron chi connectivity index (χ4n) is 2.96. The number of para-hydroxylation sites is 1. The maximum absolute atomic E-state index is 15.2. The molecule has 1 fully saturated rings. The zero-order valence-electron chi connectivity index (χ0n) is 17.6. The van der Waals surface area contributed by atoms with Crippen molar-refractivity contribution in [2.45, 2.75) is 44.4 Å². The quantitative estimate of drug-likeness (QED) is 0.393. The molecule has 2 heterocycles. The van der Waals surface area contributed by atoms with Crippen LogP contribution in [0.15, 0.2) is 52.2 Å². The second-order valence-corrected chi connectivity index (χ2v) is 8.19. The molecule has 1 aromatic heterocycles. The Balaban J connectivity index is 1.71. The van der Waals surface area contributed by atoms with Crippen LogP contribution in [0.1, 0.15) is 26.5 Å². The summed E-state index contributed by atoms with van der Waals surface area (Å²) in [5.74, 6) is -0.566. The van der Waals surface area contributed by atoms with Crippen molar-refractivity contribution in [1.29, 1.82) is 0 Å². The van der Waals surface area contributed by atoms with E-state index in [2.05, 4.69) is 0 Å². The molecule has 1 aromatic carbocycles. The molecule has 1 aliphatic heterocycles. The molecule has 2 N–H and O–H groups in total. The fraction of sp³-hybridized carbons (Fsp3) is 0.421. The maximum atomic E-state index is 15.2. The van der Waals surface area contributed by atoms with Crippen LogP contribution in [0.5, 0.6) is 5.75 Å². The monoisotopic (exact) mass is 486 g/mol. The van der Waals surface area contributed by atoms with Gasteiger partial charge in [-0.3, -0.25) is 24.0 Å². The fourth-order valence-corrected chi connectivity index (χ4v) is 3.64. The highest BCUT2D eigenvalue weighted by Crippen LogP contribution is 2.42. The summed E-state index contributed by atoms with van der Waals surface area (Å²) in [5, 5.41) is 10.4. The number of aromatic amines is 1. The number of hydrogen-bond donors (Lipinski definition) is 2. The molecule has 0 spiro atoms. The number of aliphatic hydroxyl groups is 1. The summed E-state index contributed by atoms with van der Waals surface area (Å²) in [6.45, 7) is 1.91. The van der Waals surface area contributed by atoms with E-state index in [0.29, 0.717) is 5.00 Å². The van der Waals surface area contributed by atoms with Crippen LogP contribution in [0.25, 0.3) is 0 Å². The van der Waals surface area contributed by atoms with Crippen LogP contribution in [-0.2, 0) is 23.5 Å². The molecule has 14 heteroatoms. The third-order valence-electron chi connectivity index (χ3n) is 4.70. The minimum absolute atomic E-state index is 0.0436. The van der Waals surface area contributed by atoms with Crippen LogP contribution in [-0.4, -0.2) is 50.1 Å². The van der Waals surface area contributed by atoms with Crippen molar-refractivity contribution in [2.75, 3.05) is 6.61 Å². The van der Waals surface area contributed by atoms with E-state index in [1.165, 1.54) is 19.1 Å². The number of ether oxygens (including phenoxy) is 1. The molecule has 1 unspecified atom stereocenters. The third-order valence-corrected chi connectivity index (χ3v) is 5.50. The Labute approximate surface area is 187 Å². The lowest BCUT2D eigenvalue weighted by molar-refractivity contribution is -0.242. The van der Waals surface area contributed by atoms with Gasteiger partial charge in [0.05, 0.1) is 0 Å². The van der Waals surface area contributed by atoms with E-state index in [9.17, 15) is 24.1 Å². The van der Waals surface area contributed by atoms with Crippen molar-refractivity contribution >= 4 is 14.1 Å². The SMILES string of the molecule is CCC(=O)ON(Oc1ccccc1)[P+](=O)OC[C@H]1O[C@@H](n2ccc(=O)[nH]c2=O)[C@](C)(F)[C@@H]1O. The van der Waals surface area contributed by atoms with Crippen molar-refractivity contribution < 1.29 is 37.8 Å². The van der Waals surface area contributed by atoms with Gasteiger partial charge in [0, 0.05) is 18.7 Å². The number of aromatic nitrogens is 2. The molecule has 0 saturated carbocycles. The number of rotatable bonds is 9. The lowest BCUT2D eigenvalue weighted by Crippen LogP contribution is -2.43. The third kappa shape index (κ3) is 5.70. The van der Waals surface area contributed by atoms with Gasteiger partial charge in [0.1, 0.15) is 18.8 Å². The molecule has 0 bridgehead atoms. The number of halogens is 1. The molecule has 33 heavy (non-hydrogen) atoms. The Kier molecular flexibility index (Phi) is 7.72. The van der Waals surface area contributed by atoms with Crippen LogP contribution in [0.3, 0.4) is 0 Å². The van der Waals surface area contributed by atoms with Crippen molar-refractivity contribution in [3.05, 3.63) is 63.4 Å². The van der Waals surface area contributed by atoms with Gasteiger partial charge in [-0.05, 0) is 23.6 Å². The Bertz CT molecular complexity index is 1110. The molecule has 0 radical (unpaired) electrons. The van der Waals surface area contributed by atoms with Gasteiger partial charge in [-0.2, -0.15) is 0 Å². The lowest BCUT2D eigenvalue weighted by atomic mass is 9.98. The van der Waals surface area contributed by atoms with E-state index in [1.54, 1.807) is 18.2 Å². The molecule has 5 atom stereocenters. The highest BCUT2D eigenvalue weighted by molar-refractivity contribution is 7.35. The van der Waals surface area contributed by atoms with Gasteiger partial charge in [-0.15, -0.1) is 4.52 Å². The molecular weight excluding hydrogens is 464 g/mol. The zero-order valence-corrected chi connectivity index (χ0v) is 18.5. The number of H-pyrrole nitrogens is 1. The first kappa shape index (κ1) is 24.7. The Hall–Kier alpha value is -2.96. The number of carbonyl (C=O) groups is 1. The molecule has 1 saturated heterocycles. The van der Waals surface area contributed by atoms with E-state index < -0.39 is 56.1 Å². The lowest BCUT2D eigenvalue weighted by Gasteiger charge is -2.24. The summed E-state index contributed by atoms with van der Waals surface area (Å²) in [5.41, 5.74) is -4.09. The summed E-state index contributed by atoms with van der Waals surface area (Å²) in [6, 6.07) is 9.00. The molecule has 12 nitrogen and oxygen atoms in total. The minimum atomic E-state index is -2.96. The van der Waals surface area contributed by atoms with Gasteiger partial charge >= 0.3 is 24.8 Å².